The second-order valence-corrected chi connectivity index (χ2v) is 5.01. The summed E-state index contributed by atoms with van der Waals surface area (Å²) >= 11 is 1.65. The maximum Gasteiger partial charge on any atom is 0.253 e. The predicted octanol–water partition coefficient (Wildman–Crippen LogP) is 2.59. The van der Waals surface area contributed by atoms with Crippen LogP contribution in [0.4, 0.5) is 8.78 Å². The Hall–Kier alpha value is -0.520. The van der Waals surface area contributed by atoms with Crippen molar-refractivity contribution < 1.29 is 8.78 Å². The van der Waals surface area contributed by atoms with E-state index in [9.17, 15) is 8.78 Å². The smallest absolute Gasteiger partial charge is 0.253 e. The predicted molar refractivity (Wildman–Crippen MR) is 64.2 cm³/mol. The van der Waals surface area contributed by atoms with Crippen LogP contribution in [0.2, 0.25) is 0 Å². The fourth-order valence-corrected chi connectivity index (χ4v) is 2.33. The lowest BCUT2D eigenvalue weighted by molar-refractivity contribution is 0.102. The number of likely N-dealkylation sites (N-methyl/N-ethyl adjacent to an activating group) is 1. The number of alkyl halides is 2. The van der Waals surface area contributed by atoms with E-state index in [4.69, 9.17) is 0 Å². The molecular weight excluding hydrogens is 230 g/mol. The molecule has 2 unspecified atom stereocenters. The van der Waals surface area contributed by atoms with Crippen molar-refractivity contribution in [1.29, 1.82) is 0 Å². The Kier molecular flexibility index (Phi) is 5.31. The largest absolute Gasteiger partial charge is 0.307 e. The van der Waals surface area contributed by atoms with Crippen molar-refractivity contribution in [2.24, 2.45) is 0 Å². The van der Waals surface area contributed by atoms with Gasteiger partial charge >= 0.3 is 0 Å². The van der Waals surface area contributed by atoms with Gasteiger partial charge in [-0.1, -0.05) is 6.07 Å². The van der Waals surface area contributed by atoms with Gasteiger partial charge in [-0.3, -0.25) is 0 Å². The number of hydrogen-bond donors (Lipinski definition) is 1. The third-order valence-corrected chi connectivity index (χ3v) is 3.48. The monoisotopic (exact) mass is 248 g/mol. The van der Waals surface area contributed by atoms with Crippen molar-refractivity contribution in [3.05, 3.63) is 22.4 Å². The number of rotatable bonds is 6. The molecule has 1 aromatic rings. The van der Waals surface area contributed by atoms with Crippen LogP contribution in [-0.4, -0.2) is 38.0 Å². The lowest BCUT2D eigenvalue weighted by Gasteiger charge is -2.25. The minimum atomic E-state index is -2.31. The lowest BCUT2D eigenvalue weighted by Crippen LogP contribution is -2.38. The van der Waals surface area contributed by atoms with Crippen LogP contribution in [0, 0.1) is 0 Å². The molecular formula is C11H18F2N2S. The van der Waals surface area contributed by atoms with Crippen LogP contribution in [0.3, 0.4) is 0 Å². The molecule has 0 aliphatic carbocycles. The molecule has 0 bridgehead atoms. The van der Waals surface area contributed by atoms with Crippen molar-refractivity contribution in [1.82, 2.24) is 10.2 Å². The van der Waals surface area contributed by atoms with E-state index in [1.54, 1.807) is 11.3 Å². The van der Waals surface area contributed by atoms with Crippen LogP contribution in [0.1, 0.15) is 17.8 Å². The summed E-state index contributed by atoms with van der Waals surface area (Å²) in [5.74, 6) is 0. The Morgan fingerprint density at radius 2 is 2.12 bits per heavy atom. The Morgan fingerprint density at radius 3 is 2.56 bits per heavy atom. The van der Waals surface area contributed by atoms with E-state index in [1.165, 1.54) is 11.8 Å². The van der Waals surface area contributed by atoms with Gasteiger partial charge in [-0.05, 0) is 32.5 Å². The summed E-state index contributed by atoms with van der Waals surface area (Å²) in [7, 11) is 3.91. The van der Waals surface area contributed by atoms with Gasteiger partial charge in [0.25, 0.3) is 6.43 Å². The summed E-state index contributed by atoms with van der Waals surface area (Å²) in [6, 6.07) is 3.40. The molecule has 0 amide bonds. The quantitative estimate of drug-likeness (QED) is 0.832. The normalized spacial score (nSPS) is 15.7. The SMILES string of the molecule is CC(NCC(c1cccs1)N(C)C)C(F)F. The zero-order valence-electron chi connectivity index (χ0n) is 9.78. The molecule has 0 fully saturated rings. The highest BCUT2D eigenvalue weighted by Gasteiger charge is 2.19. The minimum absolute atomic E-state index is 0.154. The van der Waals surface area contributed by atoms with Gasteiger partial charge in [0.15, 0.2) is 0 Å². The number of halogens is 2. The Morgan fingerprint density at radius 1 is 1.44 bits per heavy atom. The summed E-state index contributed by atoms with van der Waals surface area (Å²) < 4.78 is 24.7. The molecule has 2 nitrogen and oxygen atoms in total. The van der Waals surface area contributed by atoms with Crippen molar-refractivity contribution >= 4 is 11.3 Å². The number of nitrogens with one attached hydrogen (secondary N) is 1. The van der Waals surface area contributed by atoms with Gasteiger partial charge in [0, 0.05) is 11.4 Å². The van der Waals surface area contributed by atoms with Gasteiger partial charge in [0.2, 0.25) is 0 Å². The molecule has 0 spiro atoms. The van der Waals surface area contributed by atoms with Crippen LogP contribution in [0.5, 0.6) is 0 Å². The summed E-state index contributed by atoms with van der Waals surface area (Å²) in [4.78, 5) is 3.23. The van der Waals surface area contributed by atoms with E-state index in [0.29, 0.717) is 6.54 Å². The zero-order valence-corrected chi connectivity index (χ0v) is 10.6. The molecule has 1 N–H and O–H groups in total. The highest BCUT2D eigenvalue weighted by Crippen LogP contribution is 2.22. The van der Waals surface area contributed by atoms with Gasteiger partial charge in [0.05, 0.1) is 12.1 Å². The first-order valence-corrected chi connectivity index (χ1v) is 6.11. The Balaban J connectivity index is 2.53. The molecule has 0 saturated heterocycles. The lowest BCUT2D eigenvalue weighted by atomic mass is 10.2. The molecule has 16 heavy (non-hydrogen) atoms. The van der Waals surface area contributed by atoms with E-state index in [0.717, 1.165) is 0 Å². The molecule has 92 valence electrons. The Labute approximate surface area is 99.3 Å². The highest BCUT2D eigenvalue weighted by molar-refractivity contribution is 7.10. The minimum Gasteiger partial charge on any atom is -0.307 e. The summed E-state index contributed by atoms with van der Waals surface area (Å²) in [5.41, 5.74) is 0. The second kappa shape index (κ2) is 6.27. The summed E-state index contributed by atoms with van der Waals surface area (Å²) in [5, 5.41) is 4.87. The number of nitrogens with zero attached hydrogens (tertiary/aromatic N) is 1. The van der Waals surface area contributed by atoms with Gasteiger partial charge in [-0.15, -0.1) is 11.3 Å². The maximum atomic E-state index is 12.3. The topological polar surface area (TPSA) is 15.3 Å². The standard InChI is InChI=1S/C11H18F2N2S/c1-8(11(12)13)14-7-9(15(2)3)10-5-4-6-16-10/h4-6,8-9,11,14H,7H2,1-3H3. The highest BCUT2D eigenvalue weighted by atomic mass is 32.1. The van der Waals surface area contributed by atoms with Crippen molar-refractivity contribution in [3.8, 4) is 0 Å². The van der Waals surface area contributed by atoms with E-state index in [-0.39, 0.29) is 6.04 Å². The van der Waals surface area contributed by atoms with Crippen LogP contribution in [0.25, 0.3) is 0 Å². The van der Waals surface area contributed by atoms with Crippen molar-refractivity contribution in [3.63, 3.8) is 0 Å². The van der Waals surface area contributed by atoms with Gasteiger partial charge < -0.3 is 10.2 Å². The summed E-state index contributed by atoms with van der Waals surface area (Å²) in [6.07, 6.45) is -2.31. The van der Waals surface area contributed by atoms with Gasteiger partial charge in [-0.2, -0.15) is 0 Å². The number of thiophene rings is 1. The maximum absolute atomic E-state index is 12.3. The molecule has 0 aromatic carbocycles. The van der Waals surface area contributed by atoms with E-state index < -0.39 is 12.5 Å². The van der Waals surface area contributed by atoms with Crippen molar-refractivity contribution in [2.75, 3.05) is 20.6 Å². The molecule has 1 heterocycles. The molecule has 0 saturated carbocycles. The summed E-state index contributed by atoms with van der Waals surface area (Å²) in [6.45, 7) is 2.05. The third-order valence-electron chi connectivity index (χ3n) is 2.51. The second-order valence-electron chi connectivity index (χ2n) is 4.03. The average Bonchev–Trinajstić information content (AvgIpc) is 2.70. The van der Waals surface area contributed by atoms with Crippen LogP contribution in [0.15, 0.2) is 17.5 Å². The third kappa shape index (κ3) is 3.81. The average molecular weight is 248 g/mol. The van der Waals surface area contributed by atoms with Crippen LogP contribution in [-0.2, 0) is 0 Å². The molecule has 1 aromatic heterocycles. The molecule has 0 aliphatic heterocycles. The zero-order chi connectivity index (χ0) is 12.1. The van der Waals surface area contributed by atoms with Crippen molar-refractivity contribution in [2.45, 2.75) is 25.4 Å². The van der Waals surface area contributed by atoms with Crippen LogP contribution < -0.4 is 5.32 Å². The first-order chi connectivity index (χ1) is 7.52. The molecule has 0 radical (unpaired) electrons. The molecule has 1 rings (SSSR count). The first-order valence-electron chi connectivity index (χ1n) is 5.23. The Bertz CT molecular complexity index is 288. The van der Waals surface area contributed by atoms with Crippen LogP contribution >= 0.6 is 11.3 Å². The van der Waals surface area contributed by atoms with Gasteiger partial charge in [-0.25, -0.2) is 8.78 Å². The van der Waals surface area contributed by atoms with Gasteiger partial charge in [0.1, 0.15) is 0 Å². The first kappa shape index (κ1) is 13.5. The fraction of sp³-hybridized carbons (Fsp3) is 0.636. The molecule has 2 atom stereocenters. The molecule has 5 heteroatoms. The van der Waals surface area contributed by atoms with E-state index >= 15 is 0 Å². The van der Waals surface area contributed by atoms with E-state index in [2.05, 4.69) is 5.32 Å². The fourth-order valence-electron chi connectivity index (χ4n) is 1.41. The number of hydrogen-bond acceptors (Lipinski definition) is 3. The molecule has 0 aliphatic rings. The van der Waals surface area contributed by atoms with E-state index in [1.807, 2.05) is 36.5 Å².